The lowest BCUT2D eigenvalue weighted by atomic mass is 10.1. The number of rotatable bonds is 4. The van der Waals surface area contributed by atoms with Crippen LogP contribution in [0.15, 0.2) is 42.5 Å². The third-order valence-corrected chi connectivity index (χ3v) is 3.33. The smallest absolute Gasteiger partial charge is 0.260 e. The normalized spacial score (nSPS) is 16.1. The van der Waals surface area contributed by atoms with Crippen LogP contribution in [0.4, 0.5) is 0 Å². The minimum absolute atomic E-state index is 0.0318. The van der Waals surface area contributed by atoms with Crippen LogP contribution in [0.5, 0.6) is 5.75 Å². The first kappa shape index (κ1) is 12.0. The number of amides is 1. The third-order valence-electron chi connectivity index (χ3n) is 3.33. The maximum absolute atomic E-state index is 11.8. The Morgan fingerprint density at radius 2 is 1.95 bits per heavy atom. The van der Waals surface area contributed by atoms with Crippen LogP contribution in [0.3, 0.4) is 0 Å². The Morgan fingerprint density at radius 3 is 2.68 bits per heavy atom. The summed E-state index contributed by atoms with van der Waals surface area (Å²) in [5.74, 6) is 0.702. The molecule has 98 valence electrons. The highest BCUT2D eigenvalue weighted by Crippen LogP contribution is 2.22. The van der Waals surface area contributed by atoms with Crippen molar-refractivity contribution in [1.29, 1.82) is 0 Å². The summed E-state index contributed by atoms with van der Waals surface area (Å²) in [6.45, 7) is 1.78. The Kier molecular flexibility index (Phi) is 3.11. The molecule has 1 aliphatic rings. The lowest BCUT2D eigenvalue weighted by molar-refractivity contribution is -0.127. The molecule has 2 aromatic rings. The van der Waals surface area contributed by atoms with Crippen LogP contribution >= 0.6 is 0 Å². The van der Waals surface area contributed by atoms with Crippen molar-refractivity contribution in [2.24, 2.45) is 0 Å². The number of carbonyl (C=O) groups excluding carboxylic acids is 1. The first-order valence-corrected chi connectivity index (χ1v) is 6.68. The molecule has 0 spiro atoms. The summed E-state index contributed by atoms with van der Waals surface area (Å²) in [5, 5.41) is 5.24. The van der Waals surface area contributed by atoms with Crippen LogP contribution in [0.1, 0.15) is 19.8 Å². The molecule has 1 saturated carbocycles. The highest BCUT2D eigenvalue weighted by Gasteiger charge is 2.26. The van der Waals surface area contributed by atoms with Crippen molar-refractivity contribution in [2.75, 3.05) is 0 Å². The zero-order valence-electron chi connectivity index (χ0n) is 10.9. The molecule has 0 aliphatic heterocycles. The minimum atomic E-state index is -0.457. The number of hydrogen-bond acceptors (Lipinski definition) is 2. The van der Waals surface area contributed by atoms with Crippen LogP contribution in [0, 0.1) is 0 Å². The Hall–Kier alpha value is -2.03. The van der Waals surface area contributed by atoms with Gasteiger partial charge in [0, 0.05) is 6.04 Å². The Labute approximate surface area is 112 Å². The zero-order chi connectivity index (χ0) is 13.2. The van der Waals surface area contributed by atoms with Gasteiger partial charge in [0.25, 0.3) is 5.91 Å². The molecule has 2 aromatic carbocycles. The van der Waals surface area contributed by atoms with Gasteiger partial charge in [-0.25, -0.2) is 0 Å². The lowest BCUT2D eigenvalue weighted by Crippen LogP contribution is -2.37. The molecule has 0 heterocycles. The monoisotopic (exact) mass is 255 g/mol. The molecular formula is C16H17NO2. The van der Waals surface area contributed by atoms with E-state index in [0.717, 1.165) is 24.0 Å². The van der Waals surface area contributed by atoms with Crippen molar-refractivity contribution in [1.82, 2.24) is 5.32 Å². The van der Waals surface area contributed by atoms with Crippen LogP contribution in [0.2, 0.25) is 0 Å². The SMILES string of the molecule is C[C@@H](Oc1ccc2ccccc2c1)C(=O)NC1CC1. The van der Waals surface area contributed by atoms with Gasteiger partial charge in [0.15, 0.2) is 6.10 Å². The number of carbonyl (C=O) groups is 1. The molecule has 0 radical (unpaired) electrons. The predicted molar refractivity (Wildman–Crippen MR) is 75.2 cm³/mol. The number of nitrogens with one attached hydrogen (secondary N) is 1. The van der Waals surface area contributed by atoms with Crippen molar-refractivity contribution < 1.29 is 9.53 Å². The summed E-state index contributed by atoms with van der Waals surface area (Å²) in [7, 11) is 0. The molecule has 1 fully saturated rings. The van der Waals surface area contributed by atoms with E-state index in [0.29, 0.717) is 6.04 Å². The molecule has 1 aliphatic carbocycles. The first-order chi connectivity index (χ1) is 9.22. The second kappa shape index (κ2) is 4.92. The second-order valence-electron chi connectivity index (χ2n) is 5.05. The van der Waals surface area contributed by atoms with E-state index in [4.69, 9.17) is 4.74 Å². The molecular weight excluding hydrogens is 238 g/mol. The van der Waals surface area contributed by atoms with Gasteiger partial charge < -0.3 is 10.1 Å². The van der Waals surface area contributed by atoms with E-state index in [1.165, 1.54) is 5.39 Å². The van der Waals surface area contributed by atoms with Gasteiger partial charge in [-0.15, -0.1) is 0 Å². The molecule has 3 nitrogen and oxygen atoms in total. The number of fused-ring (bicyclic) bond motifs is 1. The quantitative estimate of drug-likeness (QED) is 0.912. The zero-order valence-corrected chi connectivity index (χ0v) is 10.9. The molecule has 3 heteroatoms. The van der Waals surface area contributed by atoms with E-state index in [-0.39, 0.29) is 5.91 Å². The van der Waals surface area contributed by atoms with Gasteiger partial charge in [-0.3, -0.25) is 4.79 Å². The molecule has 3 rings (SSSR count). The van der Waals surface area contributed by atoms with Crippen LogP contribution in [0.25, 0.3) is 10.8 Å². The summed E-state index contributed by atoms with van der Waals surface area (Å²) in [4.78, 5) is 11.8. The number of ether oxygens (including phenoxy) is 1. The van der Waals surface area contributed by atoms with Crippen LogP contribution < -0.4 is 10.1 Å². The molecule has 0 aromatic heterocycles. The van der Waals surface area contributed by atoms with Gasteiger partial charge in [0.1, 0.15) is 5.75 Å². The lowest BCUT2D eigenvalue weighted by Gasteiger charge is -2.14. The Balaban J connectivity index is 1.71. The fourth-order valence-corrected chi connectivity index (χ4v) is 2.04. The average molecular weight is 255 g/mol. The van der Waals surface area contributed by atoms with Crippen molar-refractivity contribution in [3.05, 3.63) is 42.5 Å². The van der Waals surface area contributed by atoms with Gasteiger partial charge in [-0.2, -0.15) is 0 Å². The van der Waals surface area contributed by atoms with E-state index >= 15 is 0 Å². The van der Waals surface area contributed by atoms with Crippen molar-refractivity contribution in [3.63, 3.8) is 0 Å². The molecule has 19 heavy (non-hydrogen) atoms. The van der Waals surface area contributed by atoms with E-state index in [1.54, 1.807) is 6.92 Å². The van der Waals surface area contributed by atoms with E-state index < -0.39 is 6.10 Å². The summed E-state index contributed by atoms with van der Waals surface area (Å²) in [6, 6.07) is 14.4. The standard InChI is InChI=1S/C16H17NO2/c1-11(16(18)17-14-7-8-14)19-15-9-6-12-4-2-3-5-13(12)10-15/h2-6,9-11,14H,7-8H2,1H3,(H,17,18)/t11-/m1/s1. The molecule has 1 N–H and O–H groups in total. The second-order valence-corrected chi connectivity index (χ2v) is 5.05. The summed E-state index contributed by atoms with van der Waals surface area (Å²) in [5.41, 5.74) is 0. The maximum Gasteiger partial charge on any atom is 0.260 e. The fraction of sp³-hybridized carbons (Fsp3) is 0.312. The summed E-state index contributed by atoms with van der Waals surface area (Å²) in [6.07, 6.45) is 1.73. The highest BCUT2D eigenvalue weighted by atomic mass is 16.5. The number of hydrogen-bond donors (Lipinski definition) is 1. The van der Waals surface area contributed by atoms with Crippen LogP contribution in [-0.4, -0.2) is 18.1 Å². The van der Waals surface area contributed by atoms with Gasteiger partial charge in [-0.1, -0.05) is 30.3 Å². The maximum atomic E-state index is 11.8. The highest BCUT2D eigenvalue weighted by molar-refractivity contribution is 5.84. The number of benzene rings is 2. The van der Waals surface area contributed by atoms with E-state index in [9.17, 15) is 4.79 Å². The van der Waals surface area contributed by atoms with E-state index in [1.807, 2.05) is 36.4 Å². The molecule has 0 saturated heterocycles. The van der Waals surface area contributed by atoms with Gasteiger partial charge in [0.05, 0.1) is 0 Å². The topological polar surface area (TPSA) is 38.3 Å². The molecule has 1 amide bonds. The molecule has 0 bridgehead atoms. The van der Waals surface area contributed by atoms with Crippen molar-refractivity contribution in [3.8, 4) is 5.75 Å². The average Bonchev–Trinajstić information content (AvgIpc) is 3.22. The van der Waals surface area contributed by atoms with Gasteiger partial charge >= 0.3 is 0 Å². The minimum Gasteiger partial charge on any atom is -0.481 e. The largest absolute Gasteiger partial charge is 0.481 e. The van der Waals surface area contributed by atoms with Crippen molar-refractivity contribution >= 4 is 16.7 Å². The summed E-state index contributed by atoms with van der Waals surface area (Å²) >= 11 is 0. The fourth-order valence-electron chi connectivity index (χ4n) is 2.04. The molecule has 1 atom stereocenters. The Bertz CT molecular complexity index is 604. The summed E-state index contributed by atoms with van der Waals surface area (Å²) < 4.78 is 5.70. The predicted octanol–water partition coefficient (Wildman–Crippen LogP) is 2.89. The molecule has 0 unspecified atom stereocenters. The van der Waals surface area contributed by atoms with Crippen molar-refractivity contribution in [2.45, 2.75) is 31.9 Å². The first-order valence-electron chi connectivity index (χ1n) is 6.68. The van der Waals surface area contributed by atoms with Gasteiger partial charge in [0.2, 0.25) is 0 Å². The Morgan fingerprint density at radius 1 is 1.21 bits per heavy atom. The van der Waals surface area contributed by atoms with Crippen LogP contribution in [-0.2, 0) is 4.79 Å². The van der Waals surface area contributed by atoms with Gasteiger partial charge in [-0.05, 0) is 42.7 Å². The third kappa shape index (κ3) is 2.87. The van der Waals surface area contributed by atoms with E-state index in [2.05, 4.69) is 11.4 Å².